The van der Waals surface area contributed by atoms with Crippen LogP contribution in [0.5, 0.6) is 0 Å². The van der Waals surface area contributed by atoms with Crippen molar-refractivity contribution >= 4 is 17.5 Å². The van der Waals surface area contributed by atoms with E-state index in [0.29, 0.717) is 17.3 Å². The van der Waals surface area contributed by atoms with Crippen molar-refractivity contribution < 1.29 is 4.79 Å². The Labute approximate surface area is 114 Å². The number of carbonyl (C=O) groups is 1. The third-order valence-corrected chi connectivity index (χ3v) is 2.71. The van der Waals surface area contributed by atoms with Crippen molar-refractivity contribution in [2.75, 3.05) is 11.1 Å². The van der Waals surface area contributed by atoms with Gasteiger partial charge >= 0.3 is 0 Å². The van der Waals surface area contributed by atoms with Crippen LogP contribution in [-0.4, -0.2) is 25.7 Å². The van der Waals surface area contributed by atoms with Crippen molar-refractivity contribution in [2.24, 2.45) is 0 Å². The van der Waals surface area contributed by atoms with Gasteiger partial charge in [0, 0.05) is 24.3 Å². The highest BCUT2D eigenvalue weighted by Gasteiger charge is 2.11. The van der Waals surface area contributed by atoms with Gasteiger partial charge in [-0.3, -0.25) is 10.1 Å². The second-order valence-corrected chi connectivity index (χ2v) is 4.13. The number of nitrogens with zero attached hydrogens (tertiary/aromatic N) is 3. The van der Waals surface area contributed by atoms with E-state index in [-0.39, 0.29) is 5.91 Å². The number of nitrogen functional groups attached to an aromatic ring is 1. The molecular formula is C13H12N6O. The van der Waals surface area contributed by atoms with Crippen LogP contribution in [0.1, 0.15) is 10.5 Å². The van der Waals surface area contributed by atoms with E-state index < -0.39 is 0 Å². The molecule has 0 spiro atoms. The molecule has 3 rings (SSSR count). The molecule has 0 fully saturated rings. The lowest BCUT2D eigenvalue weighted by atomic mass is 10.3. The number of nitrogens with two attached hydrogens (primary N) is 1. The second kappa shape index (κ2) is 4.88. The number of hydrogen-bond donors (Lipinski definition) is 3. The molecule has 0 atom stereocenters. The summed E-state index contributed by atoms with van der Waals surface area (Å²) in [5, 5.41) is 6.82. The summed E-state index contributed by atoms with van der Waals surface area (Å²) < 4.78 is 1.61. The highest BCUT2D eigenvalue weighted by atomic mass is 16.2. The highest BCUT2D eigenvalue weighted by Crippen LogP contribution is 2.11. The Hall–Kier alpha value is -3.09. The molecule has 7 heteroatoms. The second-order valence-electron chi connectivity index (χ2n) is 4.13. The summed E-state index contributed by atoms with van der Waals surface area (Å²) in [6.07, 6.45) is 4.90. The quantitative estimate of drug-likeness (QED) is 0.625. The monoisotopic (exact) mass is 268 g/mol. The molecule has 2 heterocycles. The Kier molecular flexibility index (Phi) is 2.92. The topological polar surface area (TPSA) is 102 Å². The third-order valence-electron chi connectivity index (χ3n) is 2.71. The van der Waals surface area contributed by atoms with Gasteiger partial charge in [-0.2, -0.15) is 5.10 Å². The van der Waals surface area contributed by atoms with Crippen LogP contribution < -0.4 is 11.1 Å². The van der Waals surface area contributed by atoms with Gasteiger partial charge < -0.3 is 10.7 Å². The Bertz CT molecular complexity index is 714. The number of rotatable bonds is 3. The van der Waals surface area contributed by atoms with E-state index in [4.69, 9.17) is 5.73 Å². The number of anilines is 2. The largest absolute Gasteiger partial charge is 0.399 e. The molecule has 0 aliphatic rings. The molecule has 20 heavy (non-hydrogen) atoms. The SMILES string of the molecule is Nc1ccc(-n2ccc(C(=O)Nc3ncc[nH]3)n2)cc1. The lowest BCUT2D eigenvalue weighted by Crippen LogP contribution is -2.14. The Morgan fingerprint density at radius 1 is 1.25 bits per heavy atom. The maximum Gasteiger partial charge on any atom is 0.278 e. The molecule has 0 saturated carbocycles. The zero-order valence-electron chi connectivity index (χ0n) is 10.4. The van der Waals surface area contributed by atoms with Crippen LogP contribution in [0.2, 0.25) is 0 Å². The summed E-state index contributed by atoms with van der Waals surface area (Å²) in [5.74, 6) is 0.0613. The van der Waals surface area contributed by atoms with Crippen molar-refractivity contribution in [1.29, 1.82) is 0 Å². The summed E-state index contributed by atoms with van der Waals surface area (Å²) in [6.45, 7) is 0. The van der Waals surface area contributed by atoms with E-state index in [1.54, 1.807) is 41.5 Å². The summed E-state index contributed by atoms with van der Waals surface area (Å²) in [7, 11) is 0. The van der Waals surface area contributed by atoms with Crippen LogP contribution in [0.25, 0.3) is 5.69 Å². The normalized spacial score (nSPS) is 10.4. The first-order valence-electron chi connectivity index (χ1n) is 5.95. The van der Waals surface area contributed by atoms with E-state index in [9.17, 15) is 4.79 Å². The molecule has 100 valence electrons. The van der Waals surface area contributed by atoms with Crippen LogP contribution in [0.15, 0.2) is 48.9 Å². The number of H-pyrrole nitrogens is 1. The van der Waals surface area contributed by atoms with Gasteiger partial charge in [-0.25, -0.2) is 9.67 Å². The van der Waals surface area contributed by atoms with Crippen LogP contribution in [0.4, 0.5) is 11.6 Å². The summed E-state index contributed by atoms with van der Waals surface area (Å²) >= 11 is 0. The Balaban J connectivity index is 1.79. The van der Waals surface area contributed by atoms with E-state index in [2.05, 4.69) is 20.4 Å². The minimum atomic E-state index is -0.325. The molecule has 4 N–H and O–H groups in total. The standard InChI is InChI=1S/C13H12N6O/c14-9-1-3-10(4-2-9)19-8-5-11(18-19)12(20)17-13-15-6-7-16-13/h1-8H,14H2,(H2,15,16,17,20). The first-order valence-corrected chi connectivity index (χ1v) is 5.95. The minimum Gasteiger partial charge on any atom is -0.399 e. The zero-order valence-corrected chi connectivity index (χ0v) is 10.4. The molecule has 3 aromatic rings. The number of aromatic amines is 1. The fourth-order valence-electron chi connectivity index (χ4n) is 1.72. The molecular weight excluding hydrogens is 256 g/mol. The van der Waals surface area contributed by atoms with Gasteiger partial charge in [0.1, 0.15) is 0 Å². The number of carbonyl (C=O) groups excluding carboxylic acids is 1. The first-order chi connectivity index (χ1) is 9.72. The molecule has 0 aliphatic heterocycles. The zero-order chi connectivity index (χ0) is 13.9. The summed E-state index contributed by atoms with van der Waals surface area (Å²) in [4.78, 5) is 18.7. The van der Waals surface area contributed by atoms with Gasteiger partial charge in [0.2, 0.25) is 5.95 Å². The Morgan fingerprint density at radius 2 is 2.05 bits per heavy atom. The van der Waals surface area contributed by atoms with Gasteiger partial charge in [0.15, 0.2) is 5.69 Å². The molecule has 0 saturated heterocycles. The van der Waals surface area contributed by atoms with Gasteiger partial charge in [-0.15, -0.1) is 0 Å². The average Bonchev–Trinajstić information content (AvgIpc) is 3.10. The minimum absolute atomic E-state index is 0.304. The maximum absolute atomic E-state index is 11.9. The van der Waals surface area contributed by atoms with Crippen molar-refractivity contribution in [3.63, 3.8) is 0 Å². The molecule has 2 aromatic heterocycles. The third kappa shape index (κ3) is 2.37. The van der Waals surface area contributed by atoms with Crippen molar-refractivity contribution in [3.05, 3.63) is 54.6 Å². The van der Waals surface area contributed by atoms with Crippen molar-refractivity contribution in [3.8, 4) is 5.69 Å². The number of imidazole rings is 1. The molecule has 0 radical (unpaired) electrons. The maximum atomic E-state index is 11.9. The molecule has 7 nitrogen and oxygen atoms in total. The fourth-order valence-corrected chi connectivity index (χ4v) is 1.72. The van der Waals surface area contributed by atoms with E-state index in [1.807, 2.05) is 12.1 Å². The van der Waals surface area contributed by atoms with Gasteiger partial charge in [-0.1, -0.05) is 0 Å². The van der Waals surface area contributed by atoms with Crippen LogP contribution >= 0.6 is 0 Å². The number of aromatic nitrogens is 4. The van der Waals surface area contributed by atoms with Crippen molar-refractivity contribution in [2.45, 2.75) is 0 Å². The number of benzene rings is 1. The van der Waals surface area contributed by atoms with Crippen LogP contribution in [0.3, 0.4) is 0 Å². The lowest BCUT2D eigenvalue weighted by Gasteiger charge is -2.01. The number of nitrogens with one attached hydrogen (secondary N) is 2. The number of hydrogen-bond acceptors (Lipinski definition) is 4. The Morgan fingerprint density at radius 3 is 2.75 bits per heavy atom. The van der Waals surface area contributed by atoms with Crippen LogP contribution in [0, 0.1) is 0 Å². The van der Waals surface area contributed by atoms with E-state index >= 15 is 0 Å². The van der Waals surface area contributed by atoms with Crippen molar-refractivity contribution in [1.82, 2.24) is 19.7 Å². The summed E-state index contributed by atoms with van der Waals surface area (Å²) in [6, 6.07) is 8.85. The fraction of sp³-hybridized carbons (Fsp3) is 0. The molecule has 0 unspecified atom stereocenters. The molecule has 0 bridgehead atoms. The average molecular weight is 268 g/mol. The van der Waals surface area contributed by atoms with Gasteiger partial charge in [0.05, 0.1) is 5.69 Å². The van der Waals surface area contributed by atoms with Crippen LogP contribution in [-0.2, 0) is 0 Å². The van der Waals surface area contributed by atoms with E-state index in [0.717, 1.165) is 5.69 Å². The summed E-state index contributed by atoms with van der Waals surface area (Å²) in [5.41, 5.74) is 7.44. The molecule has 1 amide bonds. The van der Waals surface area contributed by atoms with E-state index in [1.165, 1.54) is 0 Å². The predicted molar refractivity (Wildman–Crippen MR) is 74.5 cm³/mol. The lowest BCUT2D eigenvalue weighted by molar-refractivity contribution is 0.102. The number of amides is 1. The predicted octanol–water partition coefficient (Wildman–Crippen LogP) is 1.43. The smallest absolute Gasteiger partial charge is 0.278 e. The first kappa shape index (κ1) is 12.0. The van der Waals surface area contributed by atoms with Gasteiger partial charge in [-0.05, 0) is 30.3 Å². The highest BCUT2D eigenvalue weighted by molar-refractivity contribution is 6.01. The molecule has 0 aliphatic carbocycles. The van der Waals surface area contributed by atoms with Gasteiger partial charge in [0.25, 0.3) is 5.91 Å². The molecule has 1 aromatic carbocycles.